The fraction of sp³-hybridized carbons (Fsp3) is 0.440. The fourth-order valence-electron chi connectivity index (χ4n) is 4.28. The van der Waals surface area contributed by atoms with Crippen molar-refractivity contribution in [2.45, 2.75) is 32.2 Å². The molecular weight excluding hydrogens is 390 g/mol. The maximum absolute atomic E-state index is 13.0. The lowest BCUT2D eigenvalue weighted by Gasteiger charge is -2.27. The average molecular weight is 422 g/mol. The summed E-state index contributed by atoms with van der Waals surface area (Å²) in [5.74, 6) is 0.628. The Bertz CT molecular complexity index is 943. The van der Waals surface area contributed by atoms with Crippen LogP contribution in [0, 0.1) is 0 Å². The third-order valence-electron chi connectivity index (χ3n) is 5.91. The summed E-state index contributed by atoms with van der Waals surface area (Å²) in [4.78, 5) is 28.7. The number of carbonyl (C=O) groups excluding carboxylic acids is 2. The smallest absolute Gasteiger partial charge is 0.254 e. The zero-order chi connectivity index (χ0) is 21.6. The number of hydrogen-bond donors (Lipinski definition) is 1. The third-order valence-corrected chi connectivity index (χ3v) is 5.91. The summed E-state index contributed by atoms with van der Waals surface area (Å²) >= 11 is 0. The normalized spacial score (nSPS) is 18.4. The number of ether oxygens (including phenoxy) is 1. The monoisotopic (exact) mass is 421 g/mol. The van der Waals surface area contributed by atoms with E-state index in [0.717, 1.165) is 43.7 Å². The topological polar surface area (TPSA) is 61.9 Å². The molecule has 0 aromatic heterocycles. The lowest BCUT2D eigenvalue weighted by atomic mass is 9.99. The van der Waals surface area contributed by atoms with Crippen LogP contribution in [-0.4, -0.2) is 61.4 Å². The summed E-state index contributed by atoms with van der Waals surface area (Å²) in [5, 5.41) is 2.77. The molecule has 2 aromatic carbocycles. The zero-order valence-electron chi connectivity index (χ0n) is 18.2. The number of benzene rings is 2. The Morgan fingerprint density at radius 1 is 1.00 bits per heavy atom. The number of hydrogen-bond acceptors (Lipinski definition) is 4. The van der Waals surface area contributed by atoms with Crippen molar-refractivity contribution in [2.75, 3.05) is 39.8 Å². The minimum atomic E-state index is -0.108. The highest BCUT2D eigenvalue weighted by molar-refractivity contribution is 5.97. The molecule has 2 aromatic rings. The van der Waals surface area contributed by atoms with Gasteiger partial charge in [0, 0.05) is 31.6 Å². The first kappa shape index (κ1) is 21.4. The highest BCUT2D eigenvalue weighted by atomic mass is 16.5. The molecule has 0 saturated carbocycles. The van der Waals surface area contributed by atoms with Gasteiger partial charge in [-0.05, 0) is 67.7 Å². The summed E-state index contributed by atoms with van der Waals surface area (Å²) in [5.41, 5.74) is 4.12. The van der Waals surface area contributed by atoms with Gasteiger partial charge in [0.1, 0.15) is 5.75 Å². The van der Waals surface area contributed by atoms with Gasteiger partial charge in [-0.15, -0.1) is 0 Å². The van der Waals surface area contributed by atoms with E-state index < -0.39 is 0 Å². The van der Waals surface area contributed by atoms with Crippen molar-refractivity contribution >= 4 is 11.8 Å². The lowest BCUT2D eigenvalue weighted by Crippen LogP contribution is -2.49. The van der Waals surface area contributed by atoms with E-state index in [2.05, 4.69) is 41.5 Å². The van der Waals surface area contributed by atoms with E-state index in [9.17, 15) is 9.59 Å². The molecule has 0 aliphatic carbocycles. The summed E-state index contributed by atoms with van der Waals surface area (Å²) in [6, 6.07) is 14.3. The quantitative estimate of drug-likeness (QED) is 0.769. The van der Waals surface area contributed by atoms with E-state index in [0.29, 0.717) is 31.7 Å². The van der Waals surface area contributed by atoms with Crippen LogP contribution in [0.15, 0.2) is 42.5 Å². The van der Waals surface area contributed by atoms with E-state index in [1.54, 1.807) is 4.90 Å². The van der Waals surface area contributed by atoms with E-state index in [1.807, 2.05) is 18.2 Å². The molecule has 31 heavy (non-hydrogen) atoms. The van der Waals surface area contributed by atoms with Gasteiger partial charge in [-0.1, -0.05) is 24.3 Å². The second kappa shape index (κ2) is 9.96. The number of carbonyl (C=O) groups is 2. The number of fused-ring (bicyclic) bond motifs is 3. The molecule has 2 bridgehead atoms. The van der Waals surface area contributed by atoms with Crippen molar-refractivity contribution in [2.24, 2.45) is 0 Å². The van der Waals surface area contributed by atoms with Crippen LogP contribution in [0.1, 0.15) is 46.3 Å². The van der Waals surface area contributed by atoms with Crippen LogP contribution in [0.4, 0.5) is 0 Å². The predicted molar refractivity (Wildman–Crippen MR) is 120 cm³/mol. The Labute approximate surface area is 184 Å². The summed E-state index contributed by atoms with van der Waals surface area (Å²) < 4.78 is 6.13. The van der Waals surface area contributed by atoms with Gasteiger partial charge in [-0.3, -0.25) is 9.59 Å². The summed E-state index contributed by atoms with van der Waals surface area (Å²) in [6.07, 6.45) is 4.01. The van der Waals surface area contributed by atoms with Crippen LogP contribution in [-0.2, 0) is 17.8 Å². The molecule has 1 fully saturated rings. The van der Waals surface area contributed by atoms with Crippen LogP contribution in [0.25, 0.3) is 0 Å². The molecule has 2 amide bonds. The average Bonchev–Trinajstić information content (AvgIpc) is 2.76. The Morgan fingerprint density at radius 2 is 1.87 bits per heavy atom. The number of piperazine rings is 1. The molecule has 0 radical (unpaired) electrons. The van der Waals surface area contributed by atoms with Gasteiger partial charge in [0.2, 0.25) is 5.91 Å². The standard InChI is InChI=1S/C25H31N3O3/c1-27-11-3-2-4-13-31-23-9-8-21(25(30)28-12-10-26-24(29)18-28)16-22(23)15-19-6-5-7-20(14-19)17-27/h5-9,14,16H,2-4,10-13,15,17-18H2,1H3,(H,26,29). The molecule has 4 rings (SSSR count). The molecule has 6 heteroatoms. The van der Waals surface area contributed by atoms with Gasteiger partial charge in [0.25, 0.3) is 5.91 Å². The molecule has 2 aliphatic rings. The van der Waals surface area contributed by atoms with Crippen LogP contribution in [0.5, 0.6) is 5.75 Å². The number of nitrogens with one attached hydrogen (secondary N) is 1. The van der Waals surface area contributed by atoms with Crippen molar-refractivity contribution in [1.29, 1.82) is 0 Å². The Kier molecular flexibility index (Phi) is 6.87. The van der Waals surface area contributed by atoms with Crippen LogP contribution < -0.4 is 10.1 Å². The van der Waals surface area contributed by atoms with Crippen LogP contribution in [0.2, 0.25) is 0 Å². The largest absolute Gasteiger partial charge is 0.493 e. The van der Waals surface area contributed by atoms with Crippen molar-refractivity contribution in [1.82, 2.24) is 15.1 Å². The van der Waals surface area contributed by atoms with Crippen molar-refractivity contribution in [3.8, 4) is 5.75 Å². The first-order valence-corrected chi connectivity index (χ1v) is 11.2. The number of amides is 2. The van der Waals surface area contributed by atoms with Gasteiger partial charge < -0.3 is 19.9 Å². The molecule has 2 aliphatic heterocycles. The Balaban J connectivity index is 1.61. The van der Waals surface area contributed by atoms with Gasteiger partial charge in [-0.2, -0.15) is 0 Å². The molecule has 0 unspecified atom stereocenters. The molecule has 164 valence electrons. The molecule has 1 saturated heterocycles. The Morgan fingerprint density at radius 3 is 2.74 bits per heavy atom. The first-order chi connectivity index (χ1) is 15.1. The fourth-order valence-corrected chi connectivity index (χ4v) is 4.28. The zero-order valence-corrected chi connectivity index (χ0v) is 18.2. The third kappa shape index (κ3) is 5.64. The van der Waals surface area contributed by atoms with Crippen molar-refractivity contribution < 1.29 is 14.3 Å². The number of nitrogens with zero attached hydrogens (tertiary/aromatic N) is 2. The first-order valence-electron chi connectivity index (χ1n) is 11.2. The van der Waals surface area contributed by atoms with Crippen molar-refractivity contribution in [3.63, 3.8) is 0 Å². The molecule has 0 atom stereocenters. The van der Waals surface area contributed by atoms with E-state index in [1.165, 1.54) is 11.1 Å². The summed E-state index contributed by atoms with van der Waals surface area (Å²) in [7, 11) is 2.17. The van der Waals surface area contributed by atoms with Gasteiger partial charge in [-0.25, -0.2) is 0 Å². The van der Waals surface area contributed by atoms with Crippen molar-refractivity contribution in [3.05, 3.63) is 64.7 Å². The SMILES string of the molecule is CN1CCCCCOc2ccc(C(=O)N3CCNC(=O)C3)cc2Cc2cccc(c2)C1. The minimum Gasteiger partial charge on any atom is -0.493 e. The summed E-state index contributed by atoms with van der Waals surface area (Å²) in [6.45, 7) is 3.85. The number of rotatable bonds is 1. The lowest BCUT2D eigenvalue weighted by molar-refractivity contribution is -0.123. The highest BCUT2D eigenvalue weighted by Crippen LogP contribution is 2.25. The molecule has 6 nitrogen and oxygen atoms in total. The molecule has 0 spiro atoms. The van der Waals surface area contributed by atoms with E-state index in [-0.39, 0.29) is 18.4 Å². The predicted octanol–water partition coefficient (Wildman–Crippen LogP) is 2.84. The maximum atomic E-state index is 13.0. The second-order valence-corrected chi connectivity index (χ2v) is 8.54. The van der Waals surface area contributed by atoms with Gasteiger partial charge in [0.05, 0.1) is 13.2 Å². The molecule has 2 heterocycles. The van der Waals surface area contributed by atoms with Crippen LogP contribution >= 0.6 is 0 Å². The van der Waals surface area contributed by atoms with Gasteiger partial charge >= 0.3 is 0 Å². The van der Waals surface area contributed by atoms with E-state index >= 15 is 0 Å². The van der Waals surface area contributed by atoms with Gasteiger partial charge in [0.15, 0.2) is 0 Å². The Hall–Kier alpha value is -2.86. The maximum Gasteiger partial charge on any atom is 0.254 e. The highest BCUT2D eigenvalue weighted by Gasteiger charge is 2.23. The van der Waals surface area contributed by atoms with Crippen LogP contribution in [0.3, 0.4) is 0 Å². The molecular formula is C25H31N3O3. The second-order valence-electron chi connectivity index (χ2n) is 8.54. The minimum absolute atomic E-state index is 0.104. The van der Waals surface area contributed by atoms with E-state index in [4.69, 9.17) is 4.74 Å². The molecule has 1 N–H and O–H groups in total.